The maximum absolute atomic E-state index is 12.4. The summed E-state index contributed by atoms with van der Waals surface area (Å²) in [4.78, 5) is 18.2. The molecule has 7 nitrogen and oxygen atoms in total. The van der Waals surface area contributed by atoms with Crippen molar-refractivity contribution in [3.8, 4) is 17.1 Å². The first-order valence-corrected chi connectivity index (χ1v) is 9.45. The van der Waals surface area contributed by atoms with E-state index in [1.54, 1.807) is 17.2 Å². The van der Waals surface area contributed by atoms with Gasteiger partial charge in [-0.1, -0.05) is 12.1 Å². The Morgan fingerprint density at radius 1 is 1.21 bits per heavy atom. The van der Waals surface area contributed by atoms with Gasteiger partial charge in [-0.05, 0) is 48.6 Å². The number of anilines is 1. The summed E-state index contributed by atoms with van der Waals surface area (Å²) in [6.07, 6.45) is 5.95. The number of benzene rings is 1. The lowest BCUT2D eigenvalue weighted by molar-refractivity contribution is 0.103. The summed E-state index contributed by atoms with van der Waals surface area (Å²) in [7, 11) is 0. The number of aromatic nitrogens is 3. The van der Waals surface area contributed by atoms with Crippen molar-refractivity contribution in [1.29, 1.82) is 0 Å². The number of fused-ring (bicyclic) bond motifs is 3. The maximum Gasteiger partial charge on any atom is 0.414 e. The van der Waals surface area contributed by atoms with Crippen molar-refractivity contribution in [2.75, 3.05) is 18.1 Å². The van der Waals surface area contributed by atoms with E-state index in [4.69, 9.17) is 9.47 Å². The maximum atomic E-state index is 12.4. The van der Waals surface area contributed by atoms with Crippen molar-refractivity contribution in [1.82, 2.24) is 15.2 Å². The molecule has 3 heterocycles. The van der Waals surface area contributed by atoms with Crippen LogP contribution in [0.15, 0.2) is 48.8 Å². The number of H-pyrrole nitrogens is 1. The number of rotatable bonds is 4. The van der Waals surface area contributed by atoms with Crippen LogP contribution in [0.25, 0.3) is 11.3 Å². The van der Waals surface area contributed by atoms with Crippen molar-refractivity contribution in [3.05, 3.63) is 59.9 Å². The van der Waals surface area contributed by atoms with Crippen molar-refractivity contribution >= 4 is 11.8 Å². The molecule has 0 spiro atoms. The number of nitrogens with one attached hydrogen (secondary N) is 1. The van der Waals surface area contributed by atoms with Gasteiger partial charge in [0.15, 0.2) is 6.10 Å². The normalized spacial score (nSPS) is 18.2. The van der Waals surface area contributed by atoms with E-state index in [1.807, 2.05) is 24.4 Å². The second-order valence-corrected chi connectivity index (χ2v) is 7.06. The number of ether oxygens (including phenoxy) is 2. The molecule has 2 aliphatic rings. The highest BCUT2D eigenvalue weighted by molar-refractivity contribution is 5.90. The number of carbonyl (C=O) groups excluding carboxylic acids is 1. The zero-order valence-corrected chi connectivity index (χ0v) is 15.3. The Morgan fingerprint density at radius 3 is 3.04 bits per heavy atom. The molecule has 28 heavy (non-hydrogen) atoms. The number of aromatic amines is 1. The smallest absolute Gasteiger partial charge is 0.414 e. The van der Waals surface area contributed by atoms with Crippen LogP contribution in [-0.4, -0.2) is 40.5 Å². The van der Waals surface area contributed by atoms with Gasteiger partial charge < -0.3 is 9.47 Å². The van der Waals surface area contributed by atoms with Gasteiger partial charge in [-0.2, -0.15) is 5.10 Å². The summed E-state index contributed by atoms with van der Waals surface area (Å²) in [5, 5.41) is 7.30. The van der Waals surface area contributed by atoms with Crippen LogP contribution >= 0.6 is 0 Å². The first kappa shape index (κ1) is 16.8. The highest BCUT2D eigenvalue weighted by Crippen LogP contribution is 2.34. The van der Waals surface area contributed by atoms with E-state index in [0.717, 1.165) is 36.2 Å². The molecule has 2 aromatic heterocycles. The molecule has 1 saturated heterocycles. The predicted octanol–water partition coefficient (Wildman–Crippen LogP) is 3.36. The molecule has 5 rings (SSSR count). The van der Waals surface area contributed by atoms with Crippen molar-refractivity contribution < 1.29 is 14.3 Å². The third-order valence-electron chi connectivity index (χ3n) is 5.21. The zero-order chi connectivity index (χ0) is 18.9. The lowest BCUT2D eigenvalue weighted by Crippen LogP contribution is -2.26. The summed E-state index contributed by atoms with van der Waals surface area (Å²) < 4.78 is 11.1. The van der Waals surface area contributed by atoms with Crippen LogP contribution in [0.1, 0.15) is 17.5 Å². The minimum Gasteiger partial charge on any atom is -0.474 e. The van der Waals surface area contributed by atoms with Crippen LogP contribution < -0.4 is 9.64 Å². The van der Waals surface area contributed by atoms with Crippen LogP contribution in [0.4, 0.5) is 10.5 Å². The van der Waals surface area contributed by atoms with Crippen LogP contribution in [0, 0.1) is 0 Å². The molecule has 1 aromatic carbocycles. The van der Waals surface area contributed by atoms with E-state index in [9.17, 15) is 4.79 Å². The van der Waals surface area contributed by atoms with Crippen molar-refractivity contribution in [2.45, 2.75) is 25.4 Å². The SMILES string of the molecule is O=C1O[C@@H](COc2ccccn2)CN1c1ccc2c(c1)CCCc1cn[nH]c1-2. The van der Waals surface area contributed by atoms with Crippen LogP contribution in [0.3, 0.4) is 0 Å². The summed E-state index contributed by atoms with van der Waals surface area (Å²) in [6.45, 7) is 0.738. The summed E-state index contributed by atoms with van der Waals surface area (Å²) in [6, 6.07) is 11.6. The minimum atomic E-state index is -0.342. The van der Waals surface area contributed by atoms with E-state index < -0.39 is 0 Å². The van der Waals surface area contributed by atoms with E-state index in [0.29, 0.717) is 12.4 Å². The highest BCUT2D eigenvalue weighted by atomic mass is 16.6. The van der Waals surface area contributed by atoms with E-state index >= 15 is 0 Å². The Morgan fingerprint density at radius 2 is 2.14 bits per heavy atom. The molecular formula is C21H20N4O3. The average Bonchev–Trinajstić information content (AvgIpc) is 3.29. The van der Waals surface area contributed by atoms with Crippen LogP contribution in [-0.2, 0) is 17.6 Å². The topological polar surface area (TPSA) is 80.3 Å². The van der Waals surface area contributed by atoms with Gasteiger partial charge in [-0.15, -0.1) is 0 Å². The standard InChI is InChI=1S/C21H20N4O3/c26-21-25(12-17(28-21)13-27-19-6-1-2-9-22-19)16-7-8-18-14(10-16)4-3-5-15-11-23-24-20(15)18/h1-2,6-11,17H,3-5,12-13H2,(H,23,24)/t17-/m1/s1. The van der Waals surface area contributed by atoms with E-state index in [-0.39, 0.29) is 18.8 Å². The lowest BCUT2D eigenvalue weighted by Gasteiger charge is -2.16. The fraction of sp³-hybridized carbons (Fsp3) is 0.286. The number of hydrogen-bond acceptors (Lipinski definition) is 5. The van der Waals surface area contributed by atoms with Gasteiger partial charge in [-0.3, -0.25) is 10.00 Å². The van der Waals surface area contributed by atoms with Gasteiger partial charge in [0.25, 0.3) is 0 Å². The Hall–Kier alpha value is -3.35. The van der Waals surface area contributed by atoms with Crippen molar-refractivity contribution in [2.24, 2.45) is 0 Å². The van der Waals surface area contributed by atoms with E-state index in [1.165, 1.54) is 11.1 Å². The molecule has 0 bridgehead atoms. The molecular weight excluding hydrogens is 356 g/mol. The monoisotopic (exact) mass is 376 g/mol. The van der Waals surface area contributed by atoms with Gasteiger partial charge in [0.05, 0.1) is 18.4 Å². The molecule has 3 aromatic rings. The molecule has 1 aliphatic heterocycles. The lowest BCUT2D eigenvalue weighted by atomic mass is 10.0. The number of nitrogens with zero attached hydrogens (tertiary/aromatic N) is 3. The third kappa shape index (κ3) is 3.09. The number of hydrogen-bond donors (Lipinski definition) is 1. The van der Waals surface area contributed by atoms with Crippen LogP contribution in [0.2, 0.25) is 0 Å². The van der Waals surface area contributed by atoms with Gasteiger partial charge in [-0.25, -0.2) is 9.78 Å². The second kappa shape index (κ2) is 6.99. The summed E-state index contributed by atoms with van der Waals surface area (Å²) >= 11 is 0. The number of amides is 1. The number of aryl methyl sites for hydroxylation is 2. The Labute approximate surface area is 162 Å². The van der Waals surface area contributed by atoms with Crippen molar-refractivity contribution in [3.63, 3.8) is 0 Å². The highest BCUT2D eigenvalue weighted by Gasteiger charge is 2.33. The largest absolute Gasteiger partial charge is 0.474 e. The first-order chi connectivity index (χ1) is 13.8. The van der Waals surface area contributed by atoms with Gasteiger partial charge in [0, 0.05) is 23.5 Å². The fourth-order valence-electron chi connectivity index (χ4n) is 3.83. The zero-order valence-electron chi connectivity index (χ0n) is 15.3. The van der Waals surface area contributed by atoms with Crippen LogP contribution in [0.5, 0.6) is 5.88 Å². The first-order valence-electron chi connectivity index (χ1n) is 9.45. The second-order valence-electron chi connectivity index (χ2n) is 7.06. The minimum absolute atomic E-state index is 0.279. The Kier molecular flexibility index (Phi) is 4.20. The molecule has 1 aliphatic carbocycles. The van der Waals surface area contributed by atoms with Gasteiger partial charge in [0.1, 0.15) is 6.61 Å². The molecule has 0 radical (unpaired) electrons. The number of carbonyl (C=O) groups is 1. The molecule has 0 saturated carbocycles. The quantitative estimate of drug-likeness (QED) is 0.755. The molecule has 7 heteroatoms. The predicted molar refractivity (Wildman–Crippen MR) is 103 cm³/mol. The molecule has 1 amide bonds. The number of cyclic esters (lactones) is 1. The third-order valence-corrected chi connectivity index (χ3v) is 5.21. The number of pyridine rings is 1. The molecule has 1 fully saturated rings. The molecule has 0 unspecified atom stereocenters. The summed E-state index contributed by atoms with van der Waals surface area (Å²) in [5.41, 5.74) is 5.58. The molecule has 1 atom stereocenters. The Balaban J connectivity index is 1.33. The molecule has 142 valence electrons. The van der Waals surface area contributed by atoms with Gasteiger partial charge >= 0.3 is 6.09 Å². The van der Waals surface area contributed by atoms with Gasteiger partial charge in [0.2, 0.25) is 5.88 Å². The van der Waals surface area contributed by atoms with E-state index in [2.05, 4.69) is 27.3 Å². The summed E-state index contributed by atoms with van der Waals surface area (Å²) in [5.74, 6) is 0.525. The average molecular weight is 376 g/mol. The fourth-order valence-corrected chi connectivity index (χ4v) is 3.83. The molecule has 1 N–H and O–H groups in total. The Bertz CT molecular complexity index is 1000.